The second-order valence-electron chi connectivity index (χ2n) is 3.31. The van der Waals surface area contributed by atoms with Gasteiger partial charge in [0.2, 0.25) is 0 Å². The van der Waals surface area contributed by atoms with Gasteiger partial charge in [0.15, 0.2) is 0 Å². The Balaban J connectivity index is 2.76. The summed E-state index contributed by atoms with van der Waals surface area (Å²) in [6.45, 7) is 1.32. The Labute approximate surface area is 82.7 Å². The lowest BCUT2D eigenvalue weighted by Gasteiger charge is -2.04. The predicted molar refractivity (Wildman–Crippen MR) is 48.0 cm³/mol. The average Bonchev–Trinajstić information content (AvgIpc) is 2.43. The van der Waals surface area contributed by atoms with E-state index in [1.807, 2.05) is 0 Å². The van der Waals surface area contributed by atoms with E-state index in [-0.39, 0.29) is 10.9 Å². The van der Waals surface area contributed by atoms with Crippen molar-refractivity contribution in [2.45, 2.75) is 13.1 Å². The minimum absolute atomic E-state index is 0.0250. The van der Waals surface area contributed by atoms with Gasteiger partial charge in [0.1, 0.15) is 11.5 Å². The normalized spacial score (nSPS) is 12.3. The summed E-state index contributed by atoms with van der Waals surface area (Å²) in [5.74, 6) is -0.543. The lowest BCUT2D eigenvalue weighted by molar-refractivity contribution is -0.141. The van der Waals surface area contributed by atoms with Crippen LogP contribution in [0.15, 0.2) is 18.2 Å². The maximum Gasteiger partial charge on any atom is 0.431 e. The van der Waals surface area contributed by atoms with Crippen molar-refractivity contribution in [3.8, 4) is 0 Å². The molecule has 0 aliphatic carbocycles. The van der Waals surface area contributed by atoms with E-state index < -0.39 is 17.7 Å². The summed E-state index contributed by atoms with van der Waals surface area (Å²) < 4.78 is 50.2. The number of aromatic amines is 1. The number of fused-ring (bicyclic) bond motifs is 1. The molecule has 0 spiro atoms. The monoisotopic (exact) mass is 217 g/mol. The Bertz CT molecular complexity index is 510. The summed E-state index contributed by atoms with van der Waals surface area (Å²) in [6.07, 6.45) is -4.43. The molecule has 2 rings (SSSR count). The lowest BCUT2D eigenvalue weighted by Crippen LogP contribution is -2.06. The molecule has 0 bridgehead atoms. The van der Waals surface area contributed by atoms with E-state index in [0.29, 0.717) is 5.52 Å². The number of benzene rings is 1. The van der Waals surface area contributed by atoms with E-state index in [1.165, 1.54) is 13.0 Å². The quantitative estimate of drug-likeness (QED) is 0.648. The summed E-state index contributed by atoms with van der Waals surface area (Å²) in [7, 11) is 0. The van der Waals surface area contributed by atoms with Gasteiger partial charge in [0.25, 0.3) is 0 Å². The number of nitrogens with one attached hydrogen (secondary N) is 1. The third-order valence-corrected chi connectivity index (χ3v) is 2.30. The van der Waals surface area contributed by atoms with Gasteiger partial charge in [0.05, 0.1) is 0 Å². The summed E-state index contributed by atoms with van der Waals surface area (Å²) in [5, 5.41) is 0.266. The first-order valence-corrected chi connectivity index (χ1v) is 4.24. The molecule has 5 heteroatoms. The minimum Gasteiger partial charge on any atom is -0.351 e. The minimum atomic E-state index is -4.43. The maximum atomic E-state index is 12.8. The fourth-order valence-corrected chi connectivity index (χ4v) is 1.58. The zero-order chi connectivity index (χ0) is 11.2. The van der Waals surface area contributed by atoms with Crippen LogP contribution in [0.4, 0.5) is 17.6 Å². The number of H-pyrrole nitrogens is 1. The Morgan fingerprint density at radius 3 is 2.47 bits per heavy atom. The van der Waals surface area contributed by atoms with E-state index in [4.69, 9.17) is 0 Å². The van der Waals surface area contributed by atoms with Crippen LogP contribution >= 0.6 is 0 Å². The van der Waals surface area contributed by atoms with Crippen LogP contribution in [0, 0.1) is 12.7 Å². The molecule has 0 saturated carbocycles. The molecular formula is C10H7F4N. The van der Waals surface area contributed by atoms with E-state index in [9.17, 15) is 17.6 Å². The molecule has 1 aromatic carbocycles. The van der Waals surface area contributed by atoms with Crippen LogP contribution in [-0.4, -0.2) is 4.98 Å². The van der Waals surface area contributed by atoms with Gasteiger partial charge in [-0.05, 0) is 30.7 Å². The summed E-state index contributed by atoms with van der Waals surface area (Å²) >= 11 is 0. The number of rotatable bonds is 0. The molecule has 1 N–H and O–H groups in total. The van der Waals surface area contributed by atoms with Crippen LogP contribution in [-0.2, 0) is 6.18 Å². The number of halogens is 4. The first kappa shape index (κ1) is 10.0. The van der Waals surface area contributed by atoms with Crippen molar-refractivity contribution in [3.05, 3.63) is 35.3 Å². The fraction of sp³-hybridized carbons (Fsp3) is 0.200. The molecule has 0 aliphatic rings. The molecule has 1 aromatic heterocycles. The molecule has 0 unspecified atom stereocenters. The molecule has 0 saturated heterocycles. The van der Waals surface area contributed by atoms with Crippen LogP contribution in [0.3, 0.4) is 0 Å². The van der Waals surface area contributed by atoms with Gasteiger partial charge in [-0.15, -0.1) is 0 Å². The second-order valence-corrected chi connectivity index (χ2v) is 3.31. The Morgan fingerprint density at radius 2 is 1.87 bits per heavy atom. The molecule has 0 aliphatic heterocycles. The Kier molecular flexibility index (Phi) is 1.99. The van der Waals surface area contributed by atoms with Crippen LogP contribution in [0.5, 0.6) is 0 Å². The van der Waals surface area contributed by atoms with Gasteiger partial charge in [-0.25, -0.2) is 4.39 Å². The number of hydrogen-bond donors (Lipinski definition) is 1. The van der Waals surface area contributed by atoms with E-state index in [0.717, 1.165) is 12.1 Å². The smallest absolute Gasteiger partial charge is 0.351 e. The van der Waals surface area contributed by atoms with Crippen molar-refractivity contribution in [1.29, 1.82) is 0 Å². The highest BCUT2D eigenvalue weighted by atomic mass is 19.4. The van der Waals surface area contributed by atoms with Crippen LogP contribution in [0.25, 0.3) is 10.9 Å². The average molecular weight is 217 g/mol. The molecule has 80 valence electrons. The van der Waals surface area contributed by atoms with Gasteiger partial charge in [0, 0.05) is 10.9 Å². The molecule has 1 nitrogen and oxygen atoms in total. The van der Waals surface area contributed by atoms with Crippen molar-refractivity contribution in [1.82, 2.24) is 4.98 Å². The molecule has 0 fully saturated rings. The Hall–Kier alpha value is -1.52. The van der Waals surface area contributed by atoms with Gasteiger partial charge in [-0.3, -0.25) is 0 Å². The SMILES string of the molecule is Cc1c(C(F)(F)F)[nH]c2ccc(F)cc12. The predicted octanol–water partition coefficient (Wildman–Crippen LogP) is 3.63. The third kappa shape index (κ3) is 1.58. The number of alkyl halides is 3. The molecule has 0 atom stereocenters. The van der Waals surface area contributed by atoms with Crippen LogP contribution in [0.1, 0.15) is 11.3 Å². The van der Waals surface area contributed by atoms with E-state index >= 15 is 0 Å². The zero-order valence-electron chi connectivity index (χ0n) is 7.74. The molecular weight excluding hydrogens is 210 g/mol. The summed E-state index contributed by atoms with van der Waals surface area (Å²) in [6, 6.07) is 3.52. The Morgan fingerprint density at radius 1 is 1.20 bits per heavy atom. The molecule has 0 radical (unpaired) electrons. The van der Waals surface area contributed by atoms with Gasteiger partial charge >= 0.3 is 6.18 Å². The molecule has 15 heavy (non-hydrogen) atoms. The lowest BCUT2D eigenvalue weighted by atomic mass is 10.1. The van der Waals surface area contributed by atoms with E-state index in [2.05, 4.69) is 4.98 Å². The molecule has 1 heterocycles. The maximum absolute atomic E-state index is 12.8. The van der Waals surface area contributed by atoms with Crippen molar-refractivity contribution in [3.63, 3.8) is 0 Å². The highest BCUT2D eigenvalue weighted by Crippen LogP contribution is 2.34. The first-order valence-electron chi connectivity index (χ1n) is 4.24. The van der Waals surface area contributed by atoms with Crippen molar-refractivity contribution >= 4 is 10.9 Å². The molecule has 2 aromatic rings. The number of hydrogen-bond acceptors (Lipinski definition) is 0. The van der Waals surface area contributed by atoms with Crippen molar-refractivity contribution in [2.75, 3.05) is 0 Å². The van der Waals surface area contributed by atoms with Gasteiger partial charge in [-0.2, -0.15) is 13.2 Å². The molecule has 0 amide bonds. The third-order valence-electron chi connectivity index (χ3n) is 2.30. The number of aryl methyl sites for hydroxylation is 1. The summed E-state index contributed by atoms with van der Waals surface area (Å²) in [4.78, 5) is 2.24. The largest absolute Gasteiger partial charge is 0.431 e. The fourth-order valence-electron chi connectivity index (χ4n) is 1.58. The second kappa shape index (κ2) is 2.98. The van der Waals surface area contributed by atoms with Gasteiger partial charge in [-0.1, -0.05) is 0 Å². The summed E-state index contributed by atoms with van der Waals surface area (Å²) in [5.41, 5.74) is -0.499. The zero-order valence-corrected chi connectivity index (χ0v) is 7.74. The topological polar surface area (TPSA) is 15.8 Å². The van der Waals surface area contributed by atoms with Crippen LogP contribution in [0.2, 0.25) is 0 Å². The van der Waals surface area contributed by atoms with Gasteiger partial charge < -0.3 is 4.98 Å². The van der Waals surface area contributed by atoms with Crippen LogP contribution < -0.4 is 0 Å². The van der Waals surface area contributed by atoms with Crippen molar-refractivity contribution < 1.29 is 17.6 Å². The van der Waals surface area contributed by atoms with Crippen molar-refractivity contribution in [2.24, 2.45) is 0 Å². The highest BCUT2D eigenvalue weighted by molar-refractivity contribution is 5.84. The highest BCUT2D eigenvalue weighted by Gasteiger charge is 2.35. The van der Waals surface area contributed by atoms with E-state index in [1.54, 1.807) is 0 Å². The standard InChI is InChI=1S/C10H7F4N/c1-5-7-4-6(11)2-3-8(7)15-9(5)10(12,13)14/h2-4,15H,1H3. The number of aromatic nitrogens is 1. The first-order chi connectivity index (χ1) is 6.89.